The van der Waals surface area contributed by atoms with E-state index >= 15 is 0 Å². The largest absolute Gasteiger partial charge is 0.336 e. The second-order valence-electron chi connectivity index (χ2n) is 7.76. The standard InChI is InChI=1S/C20H30N4O4S/c1-3-29(27,28)24-10-4-5-17(15-24)19(25)21-18-8-6-16(7-9-18)20(26)23-13-11-22(2)12-14-23/h6-9,17H,3-5,10-15H2,1-2H3,(H,21,25)/t17-/m1/s1. The number of amides is 2. The molecular formula is C20H30N4O4S. The fourth-order valence-electron chi connectivity index (χ4n) is 3.72. The molecule has 0 aliphatic carbocycles. The predicted octanol–water partition coefficient (Wildman–Crippen LogP) is 1.07. The minimum absolute atomic E-state index is 0.00340. The highest BCUT2D eigenvalue weighted by molar-refractivity contribution is 7.89. The Balaban J connectivity index is 1.58. The zero-order valence-corrected chi connectivity index (χ0v) is 18.0. The fourth-order valence-corrected chi connectivity index (χ4v) is 4.90. The van der Waals surface area contributed by atoms with Crippen LogP contribution in [0.15, 0.2) is 24.3 Å². The van der Waals surface area contributed by atoms with Crippen molar-refractivity contribution in [1.82, 2.24) is 14.1 Å². The number of rotatable bonds is 5. The zero-order chi connectivity index (χ0) is 21.0. The average Bonchev–Trinajstić information content (AvgIpc) is 2.74. The molecule has 0 aromatic heterocycles. The summed E-state index contributed by atoms with van der Waals surface area (Å²) in [6.45, 7) is 5.48. The molecule has 160 valence electrons. The SMILES string of the molecule is CCS(=O)(=O)N1CCC[C@@H](C(=O)Nc2ccc(C(=O)N3CCN(C)CC3)cc2)C1. The summed E-state index contributed by atoms with van der Waals surface area (Å²) in [5.41, 5.74) is 1.21. The van der Waals surface area contributed by atoms with Crippen molar-refractivity contribution in [1.29, 1.82) is 0 Å². The second-order valence-corrected chi connectivity index (χ2v) is 10.0. The van der Waals surface area contributed by atoms with Crippen molar-refractivity contribution in [2.75, 3.05) is 57.4 Å². The van der Waals surface area contributed by atoms with Gasteiger partial charge in [-0.05, 0) is 51.1 Å². The molecule has 2 aliphatic rings. The number of carbonyl (C=O) groups is 2. The van der Waals surface area contributed by atoms with Crippen LogP contribution in [0.1, 0.15) is 30.1 Å². The second kappa shape index (κ2) is 9.23. The number of nitrogens with zero attached hydrogens (tertiary/aromatic N) is 3. The first-order valence-electron chi connectivity index (χ1n) is 10.2. The number of carbonyl (C=O) groups excluding carboxylic acids is 2. The molecular weight excluding hydrogens is 392 g/mol. The van der Waals surface area contributed by atoms with Crippen LogP contribution in [0.5, 0.6) is 0 Å². The predicted molar refractivity (Wildman–Crippen MR) is 112 cm³/mol. The molecule has 0 bridgehead atoms. The third-order valence-electron chi connectivity index (χ3n) is 5.70. The summed E-state index contributed by atoms with van der Waals surface area (Å²) in [6.07, 6.45) is 1.34. The van der Waals surface area contributed by atoms with Crippen molar-refractivity contribution in [2.45, 2.75) is 19.8 Å². The number of nitrogens with one attached hydrogen (secondary N) is 1. The number of anilines is 1. The molecule has 0 saturated carbocycles. The van der Waals surface area contributed by atoms with Gasteiger partial charge in [-0.1, -0.05) is 0 Å². The number of piperidine rings is 1. The van der Waals surface area contributed by atoms with Gasteiger partial charge in [-0.15, -0.1) is 0 Å². The summed E-state index contributed by atoms with van der Waals surface area (Å²) in [4.78, 5) is 29.3. The van der Waals surface area contributed by atoms with Crippen LogP contribution in [0.25, 0.3) is 0 Å². The number of hydrogen-bond acceptors (Lipinski definition) is 5. The van der Waals surface area contributed by atoms with Crippen molar-refractivity contribution >= 4 is 27.5 Å². The lowest BCUT2D eigenvalue weighted by Crippen LogP contribution is -2.47. The summed E-state index contributed by atoms with van der Waals surface area (Å²) in [6, 6.07) is 6.91. The molecule has 2 aliphatic heterocycles. The molecule has 2 amide bonds. The Morgan fingerprint density at radius 2 is 1.72 bits per heavy atom. The van der Waals surface area contributed by atoms with Gasteiger partial charge in [0.2, 0.25) is 15.9 Å². The topological polar surface area (TPSA) is 90.0 Å². The van der Waals surface area contributed by atoms with Gasteiger partial charge in [-0.2, -0.15) is 0 Å². The number of hydrogen-bond donors (Lipinski definition) is 1. The van der Waals surface area contributed by atoms with Crippen molar-refractivity contribution in [3.05, 3.63) is 29.8 Å². The molecule has 1 aromatic carbocycles. The van der Waals surface area contributed by atoms with Crippen molar-refractivity contribution < 1.29 is 18.0 Å². The van der Waals surface area contributed by atoms with E-state index < -0.39 is 10.0 Å². The number of piperazine rings is 1. The maximum Gasteiger partial charge on any atom is 0.253 e. The van der Waals surface area contributed by atoms with Gasteiger partial charge in [0, 0.05) is 50.5 Å². The van der Waals surface area contributed by atoms with Crippen molar-refractivity contribution in [2.24, 2.45) is 5.92 Å². The van der Waals surface area contributed by atoms with Gasteiger partial charge < -0.3 is 15.1 Å². The van der Waals surface area contributed by atoms with E-state index in [4.69, 9.17) is 0 Å². The molecule has 1 N–H and O–H groups in total. The maximum absolute atomic E-state index is 12.6. The lowest BCUT2D eigenvalue weighted by molar-refractivity contribution is -0.120. The molecule has 3 rings (SSSR count). The molecule has 29 heavy (non-hydrogen) atoms. The first-order valence-corrected chi connectivity index (χ1v) is 11.8. The molecule has 0 spiro atoms. The minimum atomic E-state index is -3.28. The summed E-state index contributed by atoms with van der Waals surface area (Å²) < 4.78 is 25.6. The highest BCUT2D eigenvalue weighted by Gasteiger charge is 2.31. The lowest BCUT2D eigenvalue weighted by Gasteiger charge is -2.32. The number of benzene rings is 1. The minimum Gasteiger partial charge on any atom is -0.336 e. The first-order chi connectivity index (χ1) is 13.8. The van der Waals surface area contributed by atoms with E-state index in [1.54, 1.807) is 31.2 Å². The van der Waals surface area contributed by atoms with Crippen molar-refractivity contribution in [3.63, 3.8) is 0 Å². The van der Waals surface area contributed by atoms with Crippen LogP contribution >= 0.6 is 0 Å². The maximum atomic E-state index is 12.6. The van der Waals surface area contributed by atoms with Crippen LogP contribution in [0.2, 0.25) is 0 Å². The van der Waals surface area contributed by atoms with Crippen LogP contribution in [0, 0.1) is 5.92 Å². The van der Waals surface area contributed by atoms with E-state index in [9.17, 15) is 18.0 Å². The Bertz CT molecular complexity index is 833. The summed E-state index contributed by atoms with van der Waals surface area (Å²) in [5, 5.41) is 2.86. The van der Waals surface area contributed by atoms with E-state index in [1.165, 1.54) is 4.31 Å². The average molecular weight is 423 g/mol. The quantitative estimate of drug-likeness (QED) is 0.767. The highest BCUT2D eigenvalue weighted by atomic mass is 32.2. The van der Waals surface area contributed by atoms with Crippen LogP contribution in [-0.2, 0) is 14.8 Å². The van der Waals surface area contributed by atoms with Gasteiger partial charge in [0.15, 0.2) is 0 Å². The third kappa shape index (κ3) is 5.34. The number of sulfonamides is 1. The molecule has 1 atom stereocenters. The summed E-state index contributed by atoms with van der Waals surface area (Å²) in [7, 11) is -1.24. The van der Waals surface area contributed by atoms with Crippen molar-refractivity contribution in [3.8, 4) is 0 Å². The van der Waals surface area contributed by atoms with E-state index in [1.807, 2.05) is 11.9 Å². The zero-order valence-electron chi connectivity index (χ0n) is 17.1. The highest BCUT2D eigenvalue weighted by Crippen LogP contribution is 2.21. The van der Waals surface area contributed by atoms with Gasteiger partial charge >= 0.3 is 0 Å². The van der Waals surface area contributed by atoms with Gasteiger partial charge in [-0.25, -0.2) is 12.7 Å². The number of likely N-dealkylation sites (N-methyl/N-ethyl adjacent to an activating group) is 1. The molecule has 1 aromatic rings. The molecule has 0 unspecified atom stereocenters. The molecule has 2 heterocycles. The molecule has 2 saturated heterocycles. The Labute approximate surface area is 172 Å². The molecule has 0 radical (unpaired) electrons. The monoisotopic (exact) mass is 422 g/mol. The van der Waals surface area contributed by atoms with E-state index in [-0.39, 0.29) is 30.0 Å². The smallest absolute Gasteiger partial charge is 0.253 e. The fraction of sp³-hybridized carbons (Fsp3) is 0.600. The summed E-state index contributed by atoms with van der Waals surface area (Å²) >= 11 is 0. The van der Waals surface area contributed by atoms with E-state index in [0.717, 1.165) is 13.1 Å². The van der Waals surface area contributed by atoms with Gasteiger partial charge in [0.1, 0.15) is 0 Å². The Morgan fingerprint density at radius 1 is 1.07 bits per heavy atom. The van der Waals surface area contributed by atoms with Crippen LogP contribution < -0.4 is 5.32 Å². The van der Waals surface area contributed by atoms with Gasteiger partial charge in [0.25, 0.3) is 5.91 Å². The molecule has 9 heteroatoms. The van der Waals surface area contributed by atoms with Gasteiger partial charge in [0.05, 0.1) is 11.7 Å². The normalized spacial score (nSPS) is 21.7. The Morgan fingerprint density at radius 3 is 2.34 bits per heavy atom. The van der Waals surface area contributed by atoms with Crippen LogP contribution in [-0.4, -0.2) is 86.4 Å². The Hall–Kier alpha value is -1.97. The lowest BCUT2D eigenvalue weighted by atomic mass is 9.98. The van der Waals surface area contributed by atoms with E-state index in [2.05, 4.69) is 10.2 Å². The summed E-state index contributed by atoms with van der Waals surface area (Å²) in [5.74, 6) is -0.496. The molecule has 2 fully saturated rings. The van der Waals surface area contributed by atoms with Crippen LogP contribution in [0.3, 0.4) is 0 Å². The van der Waals surface area contributed by atoms with Gasteiger partial charge in [-0.3, -0.25) is 9.59 Å². The molecule has 8 nitrogen and oxygen atoms in total. The van der Waals surface area contributed by atoms with Crippen LogP contribution in [0.4, 0.5) is 5.69 Å². The van der Waals surface area contributed by atoms with E-state index in [0.29, 0.717) is 43.7 Å². The third-order valence-corrected chi connectivity index (χ3v) is 7.55. The first kappa shape index (κ1) is 21.7. The Kier molecular flexibility index (Phi) is 6.92.